The van der Waals surface area contributed by atoms with Crippen molar-refractivity contribution in [2.24, 2.45) is 56.2 Å². The number of hydrogen-bond acceptors (Lipinski definition) is 6. The van der Waals surface area contributed by atoms with E-state index in [9.17, 15) is 19.5 Å². The van der Waals surface area contributed by atoms with E-state index in [0.29, 0.717) is 30.0 Å². The molecule has 8 atom stereocenters. The average molecular weight is 794 g/mol. The Morgan fingerprint density at radius 2 is 1.64 bits per heavy atom. The number of carboxylic acid groups (broad SMARTS) is 1. The highest BCUT2D eigenvalue weighted by molar-refractivity contribution is 6.30. The number of ether oxygens (including phenoxy) is 1. The highest BCUT2D eigenvalue weighted by Gasteiger charge is 2.70. The summed E-state index contributed by atoms with van der Waals surface area (Å²) in [5.41, 5.74) is 2.83. The van der Waals surface area contributed by atoms with Crippen molar-refractivity contribution in [1.29, 1.82) is 0 Å². The van der Waals surface area contributed by atoms with Gasteiger partial charge in [-0.05, 0) is 155 Å². The van der Waals surface area contributed by atoms with Crippen LogP contribution in [0.25, 0.3) is 0 Å². The Hall–Kier alpha value is -2.22. The molecule has 6 rings (SSSR count). The summed E-state index contributed by atoms with van der Waals surface area (Å²) in [5.74, 6) is 0.603. The molecule has 0 heterocycles. The minimum atomic E-state index is -1.15. The quantitative estimate of drug-likeness (QED) is 0.199. The molecular weight excluding hydrogens is 720 g/mol. The third kappa shape index (κ3) is 7.46. The van der Waals surface area contributed by atoms with E-state index < -0.39 is 17.4 Å². The van der Waals surface area contributed by atoms with E-state index in [1.165, 1.54) is 12.0 Å². The topological polar surface area (TPSA) is 87.2 Å². The van der Waals surface area contributed by atoms with Gasteiger partial charge in [-0.25, -0.2) is 0 Å². The SMILES string of the molecule is CC(C)C1=C2[C@H]3CCC4[C@@]5(C)CC[C@H](OC(=O)CC(C)(C)C(=O)O)C(C)(C)C5CC[C@@]4(C)[C@]3(C)CC[C@@]2(CCN(CCN(C)C)Cc2cccc(Cl)c2)CC1=O. The van der Waals surface area contributed by atoms with Crippen LogP contribution in [-0.4, -0.2) is 72.5 Å². The summed E-state index contributed by atoms with van der Waals surface area (Å²) in [6.45, 7) is 23.9. The van der Waals surface area contributed by atoms with Crippen molar-refractivity contribution in [2.75, 3.05) is 33.7 Å². The summed E-state index contributed by atoms with van der Waals surface area (Å²) >= 11 is 6.43. The number of ketones is 1. The number of hydrogen-bond donors (Lipinski definition) is 1. The van der Waals surface area contributed by atoms with Gasteiger partial charge in [0.2, 0.25) is 0 Å². The van der Waals surface area contributed by atoms with Crippen LogP contribution >= 0.6 is 11.6 Å². The average Bonchev–Trinajstić information content (AvgIpc) is 3.39. The number of carbonyl (C=O) groups excluding carboxylic acids is 2. The summed E-state index contributed by atoms with van der Waals surface area (Å²) in [6.07, 6.45) is 9.94. The van der Waals surface area contributed by atoms with Crippen molar-refractivity contribution >= 4 is 29.3 Å². The Morgan fingerprint density at radius 3 is 2.29 bits per heavy atom. The molecule has 2 unspecified atom stereocenters. The Labute approximate surface area is 343 Å². The fourth-order valence-corrected chi connectivity index (χ4v) is 14.0. The van der Waals surface area contributed by atoms with Crippen LogP contribution in [0.1, 0.15) is 139 Å². The van der Waals surface area contributed by atoms with Crippen LogP contribution in [0.2, 0.25) is 5.02 Å². The first-order chi connectivity index (χ1) is 26.0. The first kappa shape index (κ1) is 43.4. The van der Waals surface area contributed by atoms with Crippen LogP contribution in [0, 0.1) is 56.2 Å². The third-order valence-electron chi connectivity index (χ3n) is 17.0. The van der Waals surface area contributed by atoms with Gasteiger partial charge in [0.15, 0.2) is 5.78 Å². The van der Waals surface area contributed by atoms with Gasteiger partial charge in [0.05, 0.1) is 11.8 Å². The molecule has 312 valence electrons. The molecule has 1 aromatic rings. The highest BCUT2D eigenvalue weighted by Crippen LogP contribution is 2.77. The molecule has 0 saturated heterocycles. The maximum absolute atomic E-state index is 14.3. The number of halogens is 1. The van der Waals surface area contributed by atoms with Gasteiger partial charge in [0.1, 0.15) is 6.10 Å². The van der Waals surface area contributed by atoms with Gasteiger partial charge in [-0.15, -0.1) is 0 Å². The molecule has 0 amide bonds. The van der Waals surface area contributed by atoms with Gasteiger partial charge in [-0.1, -0.05) is 77.8 Å². The number of Topliss-reactive ketones (excluding diaryl/α,β-unsaturated/α-hetero) is 1. The molecule has 0 aromatic heterocycles. The number of rotatable bonds is 13. The number of fused-ring (bicyclic) bond motifs is 7. The second-order valence-corrected chi connectivity index (χ2v) is 22.1. The number of likely N-dealkylation sites (N-methyl/N-ethyl adjacent to an activating group) is 1. The molecule has 4 fully saturated rings. The van der Waals surface area contributed by atoms with E-state index in [1.807, 2.05) is 12.1 Å². The molecule has 0 radical (unpaired) electrons. The summed E-state index contributed by atoms with van der Waals surface area (Å²) in [4.78, 5) is 44.1. The summed E-state index contributed by atoms with van der Waals surface area (Å²) < 4.78 is 6.21. The van der Waals surface area contributed by atoms with E-state index in [-0.39, 0.29) is 45.5 Å². The maximum Gasteiger partial charge on any atom is 0.309 e. The smallest absolute Gasteiger partial charge is 0.309 e. The van der Waals surface area contributed by atoms with Crippen molar-refractivity contribution in [3.8, 4) is 0 Å². The summed E-state index contributed by atoms with van der Waals surface area (Å²) in [7, 11) is 4.28. The predicted molar refractivity (Wildman–Crippen MR) is 225 cm³/mol. The second kappa shape index (κ2) is 15.4. The molecule has 7 nitrogen and oxygen atoms in total. The summed E-state index contributed by atoms with van der Waals surface area (Å²) in [5, 5.41) is 10.4. The van der Waals surface area contributed by atoms with Crippen molar-refractivity contribution in [1.82, 2.24) is 9.80 Å². The number of esters is 1. The lowest BCUT2D eigenvalue weighted by Gasteiger charge is -2.72. The van der Waals surface area contributed by atoms with Gasteiger partial charge in [-0.2, -0.15) is 0 Å². The fourth-order valence-electron chi connectivity index (χ4n) is 13.8. The molecule has 0 aliphatic heterocycles. The Kier molecular flexibility index (Phi) is 11.9. The standard InChI is InChI=1S/C48H73ClN2O5/c1-31(2)40-35(52)28-48(23-24-51(26-25-50(10)11)30-32-13-12-14-33(49)27-32)22-21-46(8)34(41(40)48)15-16-37-45(7)19-18-38(56-39(53)29-43(3,4)42(54)55)44(5,6)36(45)17-20-47(37,46)9/h12-14,27,31,34,36-38H,15-26,28-30H2,1-11H3,(H,54,55)/t34-,36?,37?,38+,45+,46-,47-,48-/m1/s1. The Morgan fingerprint density at radius 1 is 0.929 bits per heavy atom. The van der Waals surface area contributed by atoms with E-state index in [1.54, 1.807) is 19.4 Å². The van der Waals surface area contributed by atoms with E-state index in [0.717, 1.165) is 88.1 Å². The van der Waals surface area contributed by atoms with Gasteiger partial charge < -0.3 is 14.7 Å². The van der Waals surface area contributed by atoms with Crippen LogP contribution in [0.15, 0.2) is 35.4 Å². The summed E-state index contributed by atoms with van der Waals surface area (Å²) in [6, 6.07) is 8.26. The predicted octanol–water partition coefficient (Wildman–Crippen LogP) is 10.5. The first-order valence-electron chi connectivity index (χ1n) is 21.8. The molecule has 5 aliphatic rings. The maximum atomic E-state index is 14.3. The van der Waals surface area contributed by atoms with Gasteiger partial charge in [0.25, 0.3) is 0 Å². The molecular formula is C48H73ClN2O5. The molecule has 1 aromatic carbocycles. The highest BCUT2D eigenvalue weighted by atomic mass is 35.5. The van der Waals surface area contributed by atoms with Crippen molar-refractivity contribution < 1.29 is 24.2 Å². The molecule has 4 saturated carbocycles. The molecule has 1 N–H and O–H groups in total. The zero-order valence-electron chi connectivity index (χ0n) is 36.7. The van der Waals surface area contributed by atoms with Crippen LogP contribution in [-0.2, 0) is 25.7 Å². The number of aliphatic carboxylic acids is 1. The minimum absolute atomic E-state index is 0.0744. The third-order valence-corrected chi connectivity index (χ3v) is 17.3. The molecule has 8 heteroatoms. The van der Waals surface area contributed by atoms with Gasteiger partial charge >= 0.3 is 11.9 Å². The second-order valence-electron chi connectivity index (χ2n) is 21.6. The molecule has 0 bridgehead atoms. The first-order valence-corrected chi connectivity index (χ1v) is 22.2. The van der Waals surface area contributed by atoms with Gasteiger partial charge in [0, 0.05) is 41.9 Å². The number of carbonyl (C=O) groups is 3. The zero-order valence-corrected chi connectivity index (χ0v) is 37.4. The van der Waals surface area contributed by atoms with E-state index in [2.05, 4.69) is 84.5 Å². The number of allylic oxidation sites excluding steroid dienone is 2. The number of nitrogens with zero attached hydrogens (tertiary/aromatic N) is 2. The zero-order chi connectivity index (χ0) is 41.2. The van der Waals surface area contributed by atoms with Crippen molar-refractivity contribution in [3.63, 3.8) is 0 Å². The lowest BCUT2D eigenvalue weighted by molar-refractivity contribution is -0.233. The minimum Gasteiger partial charge on any atom is -0.481 e. The normalized spacial score (nSPS) is 35.3. The molecule has 56 heavy (non-hydrogen) atoms. The number of benzene rings is 1. The van der Waals surface area contributed by atoms with Crippen LogP contribution in [0.4, 0.5) is 0 Å². The van der Waals surface area contributed by atoms with Crippen LogP contribution < -0.4 is 0 Å². The number of carboxylic acids is 1. The van der Waals surface area contributed by atoms with E-state index in [4.69, 9.17) is 16.3 Å². The van der Waals surface area contributed by atoms with Crippen LogP contribution in [0.3, 0.4) is 0 Å². The lowest BCUT2D eigenvalue weighted by atomic mass is 9.33. The molecule has 0 spiro atoms. The van der Waals surface area contributed by atoms with E-state index >= 15 is 0 Å². The van der Waals surface area contributed by atoms with Crippen LogP contribution in [0.5, 0.6) is 0 Å². The Bertz CT molecular complexity index is 1720. The molecule has 5 aliphatic carbocycles. The fraction of sp³-hybridized carbons (Fsp3) is 0.771. The largest absolute Gasteiger partial charge is 0.481 e. The van der Waals surface area contributed by atoms with Crippen molar-refractivity contribution in [3.05, 3.63) is 46.0 Å². The monoisotopic (exact) mass is 793 g/mol. The lowest BCUT2D eigenvalue weighted by Crippen LogP contribution is -2.65. The van der Waals surface area contributed by atoms with Crippen molar-refractivity contribution in [2.45, 2.75) is 146 Å². The van der Waals surface area contributed by atoms with Gasteiger partial charge in [-0.3, -0.25) is 19.3 Å². The Balaban J connectivity index is 1.26.